The van der Waals surface area contributed by atoms with Crippen LogP contribution in [0.2, 0.25) is 0 Å². The van der Waals surface area contributed by atoms with Crippen molar-refractivity contribution in [2.75, 3.05) is 17.4 Å². The molecule has 0 fully saturated rings. The first kappa shape index (κ1) is 15.8. The number of rotatable bonds is 7. The highest BCUT2D eigenvalue weighted by Gasteiger charge is 2.13. The summed E-state index contributed by atoms with van der Waals surface area (Å²) in [6, 6.07) is 3.66. The van der Waals surface area contributed by atoms with Crippen LogP contribution >= 0.6 is 11.8 Å². The van der Waals surface area contributed by atoms with E-state index in [1.54, 1.807) is 17.8 Å². The van der Waals surface area contributed by atoms with Crippen LogP contribution in [0.4, 0.5) is 5.82 Å². The van der Waals surface area contributed by atoms with E-state index in [0.29, 0.717) is 11.4 Å². The topological polar surface area (TPSA) is 80.0 Å². The number of nitrogen functional groups attached to an aromatic ring is 1. The van der Waals surface area contributed by atoms with E-state index in [4.69, 9.17) is 5.84 Å². The molecule has 0 radical (unpaired) electrons. The average Bonchev–Trinajstić information content (AvgIpc) is 2.45. The average molecular weight is 282 g/mol. The van der Waals surface area contributed by atoms with E-state index < -0.39 is 0 Å². The second-order valence-electron chi connectivity index (χ2n) is 4.26. The van der Waals surface area contributed by atoms with Crippen molar-refractivity contribution in [3.8, 4) is 0 Å². The minimum Gasteiger partial charge on any atom is -0.348 e. The van der Waals surface area contributed by atoms with E-state index in [1.807, 2.05) is 19.2 Å². The zero-order valence-electron chi connectivity index (χ0n) is 11.7. The standard InChI is InChI=1S/C13H22N4OS/c1-4-10-6-9(7-12(15-10)17-14)13(18)16-11(5-2)8-19-3/h6-7,11H,4-5,8,14H2,1-3H3,(H,15,17)(H,16,18). The van der Waals surface area contributed by atoms with Gasteiger partial charge in [0.05, 0.1) is 0 Å². The molecular formula is C13H22N4OS. The number of pyridine rings is 1. The van der Waals surface area contributed by atoms with E-state index in [0.717, 1.165) is 24.3 Å². The van der Waals surface area contributed by atoms with Crippen molar-refractivity contribution in [2.24, 2.45) is 5.84 Å². The van der Waals surface area contributed by atoms with Crippen LogP contribution in [0, 0.1) is 0 Å². The molecule has 1 rings (SSSR count). The van der Waals surface area contributed by atoms with Crippen molar-refractivity contribution in [3.63, 3.8) is 0 Å². The monoisotopic (exact) mass is 282 g/mol. The molecule has 5 nitrogen and oxygen atoms in total. The van der Waals surface area contributed by atoms with Crippen molar-refractivity contribution in [3.05, 3.63) is 23.4 Å². The number of nitrogens with one attached hydrogen (secondary N) is 2. The number of nitrogens with zero attached hydrogens (tertiary/aromatic N) is 1. The lowest BCUT2D eigenvalue weighted by Crippen LogP contribution is -2.36. The molecule has 0 saturated heterocycles. The number of aromatic nitrogens is 1. The number of anilines is 1. The summed E-state index contributed by atoms with van der Waals surface area (Å²) in [5.74, 6) is 6.72. The predicted octanol–water partition coefficient (Wildman–Crippen LogP) is 1.80. The Morgan fingerprint density at radius 2 is 2.21 bits per heavy atom. The predicted molar refractivity (Wildman–Crippen MR) is 81.4 cm³/mol. The first-order chi connectivity index (χ1) is 9.14. The Morgan fingerprint density at radius 1 is 1.47 bits per heavy atom. The molecule has 0 bridgehead atoms. The number of hydrogen-bond acceptors (Lipinski definition) is 5. The zero-order valence-corrected chi connectivity index (χ0v) is 12.5. The second kappa shape index (κ2) is 8.01. The quantitative estimate of drug-likeness (QED) is 0.525. The fourth-order valence-electron chi connectivity index (χ4n) is 1.71. The Morgan fingerprint density at radius 3 is 2.74 bits per heavy atom. The molecule has 1 atom stereocenters. The summed E-state index contributed by atoms with van der Waals surface area (Å²) in [6.07, 6.45) is 3.71. The molecule has 1 unspecified atom stereocenters. The van der Waals surface area contributed by atoms with Crippen LogP contribution in [0.5, 0.6) is 0 Å². The van der Waals surface area contributed by atoms with Crippen LogP contribution in [0.1, 0.15) is 36.3 Å². The number of carbonyl (C=O) groups excluding carboxylic acids is 1. The molecular weight excluding hydrogens is 260 g/mol. The number of amides is 1. The molecule has 0 aliphatic carbocycles. The second-order valence-corrected chi connectivity index (χ2v) is 5.17. The molecule has 19 heavy (non-hydrogen) atoms. The van der Waals surface area contributed by atoms with Crippen LogP contribution in [0.15, 0.2) is 12.1 Å². The number of nitrogens with two attached hydrogens (primary N) is 1. The van der Waals surface area contributed by atoms with Gasteiger partial charge in [-0.3, -0.25) is 4.79 Å². The normalized spacial score (nSPS) is 12.0. The van der Waals surface area contributed by atoms with Crippen molar-refractivity contribution in [1.29, 1.82) is 0 Å². The maximum Gasteiger partial charge on any atom is 0.251 e. The molecule has 0 saturated carbocycles. The molecule has 1 aromatic heterocycles. The van der Waals surface area contributed by atoms with Crippen molar-refractivity contribution < 1.29 is 4.79 Å². The Kier molecular flexibility index (Phi) is 6.66. The smallest absolute Gasteiger partial charge is 0.251 e. The van der Waals surface area contributed by atoms with Crippen LogP contribution in [-0.2, 0) is 6.42 Å². The maximum absolute atomic E-state index is 12.2. The molecule has 0 spiro atoms. The number of carbonyl (C=O) groups is 1. The number of aryl methyl sites for hydroxylation is 1. The maximum atomic E-state index is 12.2. The molecule has 6 heteroatoms. The highest BCUT2D eigenvalue weighted by Crippen LogP contribution is 2.11. The molecule has 0 aliphatic heterocycles. The lowest BCUT2D eigenvalue weighted by atomic mass is 10.1. The van der Waals surface area contributed by atoms with Gasteiger partial charge in [0, 0.05) is 23.1 Å². The number of hydrazine groups is 1. The molecule has 4 N–H and O–H groups in total. The SMILES string of the molecule is CCc1cc(C(=O)NC(CC)CSC)cc(NN)n1. The van der Waals surface area contributed by atoms with Crippen molar-refractivity contribution in [1.82, 2.24) is 10.3 Å². The van der Waals surface area contributed by atoms with Gasteiger partial charge in [0.1, 0.15) is 5.82 Å². The first-order valence-corrected chi connectivity index (χ1v) is 7.81. The third-order valence-electron chi connectivity index (χ3n) is 2.85. The van der Waals surface area contributed by atoms with Crippen molar-refractivity contribution in [2.45, 2.75) is 32.7 Å². The van der Waals surface area contributed by atoms with Crippen LogP contribution in [0.25, 0.3) is 0 Å². The third-order valence-corrected chi connectivity index (χ3v) is 3.58. The fraction of sp³-hybridized carbons (Fsp3) is 0.538. The van der Waals surface area contributed by atoms with E-state index in [2.05, 4.69) is 22.7 Å². The minimum absolute atomic E-state index is 0.0745. The van der Waals surface area contributed by atoms with Gasteiger partial charge in [-0.15, -0.1) is 0 Å². The molecule has 1 heterocycles. The van der Waals surface area contributed by atoms with Gasteiger partial charge >= 0.3 is 0 Å². The largest absolute Gasteiger partial charge is 0.348 e. The summed E-state index contributed by atoms with van der Waals surface area (Å²) in [6.45, 7) is 4.06. The van der Waals surface area contributed by atoms with Gasteiger partial charge in [0.2, 0.25) is 0 Å². The Bertz CT molecular complexity index is 403. The Balaban J connectivity index is 2.86. The summed E-state index contributed by atoms with van der Waals surface area (Å²) in [5, 5.41) is 3.03. The number of thioether (sulfide) groups is 1. The summed E-state index contributed by atoms with van der Waals surface area (Å²) < 4.78 is 0. The van der Waals surface area contributed by atoms with E-state index >= 15 is 0 Å². The summed E-state index contributed by atoms with van der Waals surface area (Å²) in [7, 11) is 0. The minimum atomic E-state index is -0.0745. The lowest BCUT2D eigenvalue weighted by molar-refractivity contribution is 0.0940. The number of hydrogen-bond donors (Lipinski definition) is 3. The summed E-state index contributed by atoms with van der Waals surface area (Å²) in [5.41, 5.74) is 3.94. The van der Waals surface area contributed by atoms with Crippen LogP contribution in [-0.4, -0.2) is 28.9 Å². The van der Waals surface area contributed by atoms with Gasteiger partial charge in [-0.05, 0) is 31.2 Å². The molecule has 106 valence electrons. The fourth-order valence-corrected chi connectivity index (χ4v) is 2.43. The summed E-state index contributed by atoms with van der Waals surface area (Å²) in [4.78, 5) is 16.5. The van der Waals surface area contributed by atoms with E-state index in [-0.39, 0.29) is 11.9 Å². The van der Waals surface area contributed by atoms with Gasteiger partial charge < -0.3 is 10.7 Å². The van der Waals surface area contributed by atoms with Gasteiger partial charge in [-0.1, -0.05) is 13.8 Å². The van der Waals surface area contributed by atoms with Crippen molar-refractivity contribution >= 4 is 23.5 Å². The van der Waals surface area contributed by atoms with Crippen LogP contribution in [0.3, 0.4) is 0 Å². The lowest BCUT2D eigenvalue weighted by Gasteiger charge is -2.16. The molecule has 1 aromatic rings. The van der Waals surface area contributed by atoms with E-state index in [9.17, 15) is 4.79 Å². The zero-order chi connectivity index (χ0) is 14.3. The Labute approximate surface area is 118 Å². The van der Waals surface area contributed by atoms with Gasteiger partial charge in [0.25, 0.3) is 5.91 Å². The Hall–Kier alpha value is -1.27. The van der Waals surface area contributed by atoms with Gasteiger partial charge in [-0.2, -0.15) is 11.8 Å². The molecule has 1 amide bonds. The highest BCUT2D eigenvalue weighted by molar-refractivity contribution is 7.98. The third kappa shape index (κ3) is 4.72. The van der Waals surface area contributed by atoms with E-state index in [1.165, 1.54) is 0 Å². The molecule has 0 aliphatic rings. The van der Waals surface area contributed by atoms with Gasteiger partial charge in [-0.25, -0.2) is 10.8 Å². The van der Waals surface area contributed by atoms with Gasteiger partial charge in [0.15, 0.2) is 0 Å². The summed E-state index contributed by atoms with van der Waals surface area (Å²) >= 11 is 1.73. The highest BCUT2D eigenvalue weighted by atomic mass is 32.2. The molecule has 0 aromatic carbocycles. The van der Waals surface area contributed by atoms with Crippen LogP contribution < -0.4 is 16.6 Å². The first-order valence-electron chi connectivity index (χ1n) is 6.41.